The van der Waals surface area contributed by atoms with Gasteiger partial charge in [-0.05, 0) is 29.7 Å². The molecular weight excluding hydrogens is 269 g/mol. The quantitative estimate of drug-likeness (QED) is 0.890. The molecule has 0 fully saturated rings. The number of benzene rings is 1. The number of hydrogen-bond donors (Lipinski definition) is 1. The number of halogens is 2. The summed E-state index contributed by atoms with van der Waals surface area (Å²) < 4.78 is 1.99. The van der Waals surface area contributed by atoms with Crippen LogP contribution in [0.25, 0.3) is 0 Å². The Bertz CT molecular complexity index is 536. The highest BCUT2D eigenvalue weighted by atomic mass is 35.5. The molecule has 2 nitrogen and oxygen atoms in total. The van der Waals surface area contributed by atoms with Gasteiger partial charge in [0.15, 0.2) is 0 Å². The van der Waals surface area contributed by atoms with E-state index in [4.69, 9.17) is 23.2 Å². The lowest BCUT2D eigenvalue weighted by molar-refractivity contribution is 0.173. The lowest BCUT2D eigenvalue weighted by atomic mass is 10.1. The Morgan fingerprint density at radius 3 is 2.78 bits per heavy atom. The largest absolute Gasteiger partial charge is 0.388 e. The number of hydrogen-bond acceptors (Lipinski definition) is 1. The Balaban J connectivity index is 2.19. The average molecular weight is 284 g/mol. The van der Waals surface area contributed by atoms with Crippen molar-refractivity contribution in [2.45, 2.75) is 26.0 Å². The van der Waals surface area contributed by atoms with Crippen LogP contribution in [0.1, 0.15) is 30.6 Å². The summed E-state index contributed by atoms with van der Waals surface area (Å²) in [6.07, 6.45) is 4.18. The fourth-order valence-electron chi connectivity index (χ4n) is 1.86. The molecule has 1 aromatic heterocycles. The summed E-state index contributed by atoms with van der Waals surface area (Å²) >= 11 is 12.1. The van der Waals surface area contributed by atoms with E-state index in [9.17, 15) is 5.11 Å². The molecule has 1 unspecified atom stereocenters. The van der Waals surface area contributed by atoms with Gasteiger partial charge in [-0.1, -0.05) is 42.3 Å². The van der Waals surface area contributed by atoms with Gasteiger partial charge in [0.1, 0.15) is 0 Å². The molecule has 0 aliphatic heterocycles. The zero-order chi connectivity index (χ0) is 13.1. The van der Waals surface area contributed by atoms with Crippen LogP contribution in [0.5, 0.6) is 0 Å². The van der Waals surface area contributed by atoms with Crippen LogP contribution in [0, 0.1) is 0 Å². The molecule has 1 atom stereocenters. The van der Waals surface area contributed by atoms with Gasteiger partial charge < -0.3 is 9.67 Å². The average Bonchev–Trinajstić information content (AvgIpc) is 2.82. The molecule has 2 rings (SSSR count). The van der Waals surface area contributed by atoms with Crippen molar-refractivity contribution in [3.63, 3.8) is 0 Å². The summed E-state index contributed by atoms with van der Waals surface area (Å²) in [5, 5.41) is 10.9. The van der Waals surface area contributed by atoms with Crippen LogP contribution in [0.15, 0.2) is 36.7 Å². The monoisotopic (exact) mass is 283 g/mol. The molecule has 1 aromatic carbocycles. The molecule has 1 N–H and O–H groups in total. The minimum atomic E-state index is -0.402. The Morgan fingerprint density at radius 1 is 1.28 bits per heavy atom. The fraction of sp³-hybridized carbons (Fsp3) is 0.286. The first-order valence-corrected chi connectivity index (χ1v) is 6.64. The second-order valence-electron chi connectivity index (χ2n) is 4.25. The molecule has 0 radical (unpaired) electrons. The van der Waals surface area contributed by atoms with Crippen LogP contribution < -0.4 is 0 Å². The SMILES string of the molecule is CCC(O)c1ccn(Cc2cccc(Cl)c2Cl)c1. The normalized spacial score (nSPS) is 12.7. The van der Waals surface area contributed by atoms with E-state index in [0.29, 0.717) is 23.0 Å². The van der Waals surface area contributed by atoms with Crippen LogP contribution in [0.4, 0.5) is 0 Å². The first-order valence-electron chi connectivity index (χ1n) is 5.88. The van der Waals surface area contributed by atoms with Gasteiger partial charge in [0, 0.05) is 18.9 Å². The molecule has 1 heterocycles. The Morgan fingerprint density at radius 2 is 2.06 bits per heavy atom. The van der Waals surface area contributed by atoms with Gasteiger partial charge in [-0.25, -0.2) is 0 Å². The van der Waals surface area contributed by atoms with Crippen LogP contribution in [-0.2, 0) is 6.54 Å². The molecule has 0 aliphatic rings. The number of aromatic nitrogens is 1. The molecule has 0 spiro atoms. The van der Waals surface area contributed by atoms with Gasteiger partial charge in [0.05, 0.1) is 16.1 Å². The third kappa shape index (κ3) is 2.89. The molecule has 18 heavy (non-hydrogen) atoms. The highest BCUT2D eigenvalue weighted by Gasteiger charge is 2.08. The molecule has 0 bridgehead atoms. The maximum absolute atomic E-state index is 9.75. The van der Waals surface area contributed by atoms with E-state index in [2.05, 4.69) is 0 Å². The fourth-order valence-corrected chi connectivity index (χ4v) is 2.24. The van der Waals surface area contributed by atoms with E-state index in [-0.39, 0.29) is 0 Å². The zero-order valence-corrected chi connectivity index (χ0v) is 11.6. The predicted octanol–water partition coefficient (Wildman–Crippen LogP) is 4.29. The topological polar surface area (TPSA) is 25.2 Å². The summed E-state index contributed by atoms with van der Waals surface area (Å²) in [7, 11) is 0. The number of aliphatic hydroxyl groups is 1. The van der Waals surface area contributed by atoms with Crippen LogP contribution in [0.2, 0.25) is 10.0 Å². The number of nitrogens with zero attached hydrogens (tertiary/aromatic N) is 1. The van der Waals surface area contributed by atoms with Crippen molar-refractivity contribution >= 4 is 23.2 Å². The lowest BCUT2D eigenvalue weighted by Crippen LogP contribution is -1.98. The van der Waals surface area contributed by atoms with Crippen molar-refractivity contribution in [3.05, 3.63) is 57.8 Å². The van der Waals surface area contributed by atoms with E-state index < -0.39 is 6.10 Å². The second-order valence-corrected chi connectivity index (χ2v) is 5.04. The van der Waals surface area contributed by atoms with Crippen molar-refractivity contribution in [2.24, 2.45) is 0 Å². The maximum atomic E-state index is 9.75. The van der Waals surface area contributed by atoms with E-state index in [1.54, 1.807) is 6.07 Å². The summed E-state index contributed by atoms with van der Waals surface area (Å²) in [5.74, 6) is 0. The minimum Gasteiger partial charge on any atom is -0.388 e. The van der Waals surface area contributed by atoms with E-state index >= 15 is 0 Å². The molecule has 0 saturated carbocycles. The molecular formula is C14H15Cl2NO. The third-order valence-electron chi connectivity index (χ3n) is 2.93. The predicted molar refractivity (Wildman–Crippen MR) is 75.2 cm³/mol. The van der Waals surface area contributed by atoms with Gasteiger partial charge in [-0.15, -0.1) is 0 Å². The minimum absolute atomic E-state index is 0.402. The zero-order valence-electron chi connectivity index (χ0n) is 10.1. The van der Waals surface area contributed by atoms with Crippen molar-refractivity contribution in [1.29, 1.82) is 0 Å². The molecule has 0 amide bonds. The van der Waals surface area contributed by atoms with Gasteiger partial charge in [-0.2, -0.15) is 0 Å². The molecule has 2 aromatic rings. The first kappa shape index (κ1) is 13.5. The highest BCUT2D eigenvalue weighted by Crippen LogP contribution is 2.26. The molecule has 96 valence electrons. The highest BCUT2D eigenvalue weighted by molar-refractivity contribution is 6.42. The smallest absolute Gasteiger partial charge is 0.0802 e. The maximum Gasteiger partial charge on any atom is 0.0802 e. The van der Waals surface area contributed by atoms with E-state index in [1.165, 1.54) is 0 Å². The van der Waals surface area contributed by atoms with E-state index in [0.717, 1.165) is 11.1 Å². The first-order chi connectivity index (χ1) is 8.61. The Kier molecular flexibility index (Phi) is 4.33. The van der Waals surface area contributed by atoms with Gasteiger partial charge >= 0.3 is 0 Å². The molecule has 4 heteroatoms. The number of aliphatic hydroxyl groups excluding tert-OH is 1. The standard InChI is InChI=1S/C14H15Cl2NO/c1-2-13(18)10-6-7-17(8-10)9-11-4-3-5-12(15)14(11)16/h3-8,13,18H,2,9H2,1H3. The summed E-state index contributed by atoms with van der Waals surface area (Å²) in [4.78, 5) is 0. The third-order valence-corrected chi connectivity index (χ3v) is 3.79. The Labute approximate surface area is 117 Å². The van der Waals surface area contributed by atoms with Crippen molar-refractivity contribution in [2.75, 3.05) is 0 Å². The molecule has 0 aliphatic carbocycles. The van der Waals surface area contributed by atoms with Gasteiger partial charge in [0.2, 0.25) is 0 Å². The van der Waals surface area contributed by atoms with Crippen molar-refractivity contribution < 1.29 is 5.11 Å². The second kappa shape index (κ2) is 5.79. The van der Waals surface area contributed by atoms with Crippen LogP contribution in [0.3, 0.4) is 0 Å². The van der Waals surface area contributed by atoms with Crippen LogP contribution >= 0.6 is 23.2 Å². The van der Waals surface area contributed by atoms with Crippen molar-refractivity contribution in [3.8, 4) is 0 Å². The van der Waals surface area contributed by atoms with Crippen molar-refractivity contribution in [1.82, 2.24) is 4.57 Å². The lowest BCUT2D eigenvalue weighted by Gasteiger charge is -2.07. The van der Waals surface area contributed by atoms with Gasteiger partial charge in [0.25, 0.3) is 0 Å². The molecule has 0 saturated heterocycles. The van der Waals surface area contributed by atoms with Gasteiger partial charge in [-0.3, -0.25) is 0 Å². The van der Waals surface area contributed by atoms with Crippen LogP contribution in [-0.4, -0.2) is 9.67 Å². The summed E-state index contributed by atoms with van der Waals surface area (Å²) in [6, 6.07) is 7.53. The Hall–Kier alpha value is -0.960. The summed E-state index contributed by atoms with van der Waals surface area (Å²) in [5.41, 5.74) is 1.90. The van der Waals surface area contributed by atoms with E-state index in [1.807, 2.05) is 42.1 Å². The number of rotatable bonds is 4. The summed E-state index contributed by atoms with van der Waals surface area (Å²) in [6.45, 7) is 2.60.